The number of hydrogen-bond acceptors (Lipinski definition) is 2. The van der Waals surface area contributed by atoms with Crippen molar-refractivity contribution in [3.05, 3.63) is 29.8 Å². The van der Waals surface area contributed by atoms with Crippen LogP contribution in [0.4, 0.5) is 0 Å². The number of benzene rings is 1. The summed E-state index contributed by atoms with van der Waals surface area (Å²) in [7, 11) is -3.34. The van der Waals surface area contributed by atoms with Crippen LogP contribution >= 0.6 is 15.9 Å². The molecular formula is C13H18BrNO2S. The first-order valence-corrected chi connectivity index (χ1v) is 8.89. The first-order valence-electron chi connectivity index (χ1n) is 6.29. The van der Waals surface area contributed by atoms with E-state index in [2.05, 4.69) is 20.7 Å². The van der Waals surface area contributed by atoms with Gasteiger partial charge in [0.15, 0.2) is 0 Å². The van der Waals surface area contributed by atoms with Gasteiger partial charge in [-0.3, -0.25) is 0 Å². The summed E-state index contributed by atoms with van der Waals surface area (Å²) in [5.74, 6) is 0. The SMILES string of the molecule is O=S(=O)(NC1CCCC1)c1ccc(CCBr)cc1. The van der Waals surface area contributed by atoms with Crippen molar-refractivity contribution in [3.8, 4) is 0 Å². The monoisotopic (exact) mass is 331 g/mol. The summed E-state index contributed by atoms with van der Waals surface area (Å²) in [5, 5.41) is 0.888. The molecule has 0 radical (unpaired) electrons. The quantitative estimate of drug-likeness (QED) is 0.843. The van der Waals surface area contributed by atoms with Crippen molar-refractivity contribution in [1.82, 2.24) is 4.72 Å². The maximum absolute atomic E-state index is 12.1. The molecule has 0 bridgehead atoms. The lowest BCUT2D eigenvalue weighted by molar-refractivity contribution is 0.552. The fourth-order valence-electron chi connectivity index (χ4n) is 2.28. The summed E-state index contributed by atoms with van der Waals surface area (Å²) in [6.07, 6.45) is 5.08. The van der Waals surface area contributed by atoms with Crippen molar-refractivity contribution in [3.63, 3.8) is 0 Å². The molecule has 1 fully saturated rings. The highest BCUT2D eigenvalue weighted by Gasteiger charge is 2.22. The normalized spacial score (nSPS) is 17.2. The van der Waals surface area contributed by atoms with Crippen molar-refractivity contribution in [2.45, 2.75) is 43.0 Å². The Morgan fingerprint density at radius 1 is 1.17 bits per heavy atom. The number of sulfonamides is 1. The zero-order chi connectivity index (χ0) is 13.0. The van der Waals surface area contributed by atoms with Crippen LogP contribution in [0.5, 0.6) is 0 Å². The Hall–Kier alpha value is -0.390. The van der Waals surface area contributed by atoms with Crippen LogP contribution in [0, 0.1) is 0 Å². The number of halogens is 1. The molecule has 0 aliphatic heterocycles. The number of nitrogens with one attached hydrogen (secondary N) is 1. The molecule has 0 saturated heterocycles. The molecular weight excluding hydrogens is 314 g/mol. The summed E-state index contributed by atoms with van der Waals surface area (Å²) in [5.41, 5.74) is 1.15. The number of hydrogen-bond donors (Lipinski definition) is 1. The van der Waals surface area contributed by atoms with Crippen LogP contribution in [0.15, 0.2) is 29.2 Å². The van der Waals surface area contributed by atoms with Crippen LogP contribution < -0.4 is 4.72 Å². The first-order chi connectivity index (χ1) is 8.62. The van der Waals surface area contributed by atoms with Gasteiger partial charge in [0.25, 0.3) is 0 Å². The Balaban J connectivity index is 2.08. The van der Waals surface area contributed by atoms with Gasteiger partial charge in [0.2, 0.25) is 10.0 Å². The second-order valence-electron chi connectivity index (χ2n) is 4.69. The van der Waals surface area contributed by atoms with Crippen LogP contribution in [0.25, 0.3) is 0 Å². The Morgan fingerprint density at radius 3 is 2.33 bits per heavy atom. The molecule has 1 saturated carbocycles. The molecule has 1 aliphatic rings. The topological polar surface area (TPSA) is 46.2 Å². The average molecular weight is 332 g/mol. The second-order valence-corrected chi connectivity index (χ2v) is 7.19. The van der Waals surface area contributed by atoms with Gasteiger partial charge in [-0.05, 0) is 37.0 Å². The van der Waals surface area contributed by atoms with Crippen LogP contribution in [-0.4, -0.2) is 19.8 Å². The van der Waals surface area contributed by atoms with Gasteiger partial charge < -0.3 is 0 Å². The van der Waals surface area contributed by atoms with Gasteiger partial charge in [0, 0.05) is 11.4 Å². The Labute approximate surface area is 117 Å². The minimum absolute atomic E-state index is 0.122. The minimum Gasteiger partial charge on any atom is -0.208 e. The molecule has 2 rings (SSSR count). The van der Waals surface area contributed by atoms with E-state index in [1.807, 2.05) is 12.1 Å². The zero-order valence-corrected chi connectivity index (χ0v) is 12.6. The van der Waals surface area contributed by atoms with Gasteiger partial charge in [-0.1, -0.05) is 40.9 Å². The van der Waals surface area contributed by atoms with Gasteiger partial charge >= 0.3 is 0 Å². The largest absolute Gasteiger partial charge is 0.240 e. The molecule has 0 amide bonds. The molecule has 3 nitrogen and oxygen atoms in total. The predicted octanol–water partition coefficient (Wildman–Crippen LogP) is 2.84. The fraction of sp³-hybridized carbons (Fsp3) is 0.538. The Morgan fingerprint density at radius 2 is 1.78 bits per heavy atom. The van der Waals surface area contributed by atoms with Crippen molar-refractivity contribution in [1.29, 1.82) is 0 Å². The van der Waals surface area contributed by atoms with E-state index in [9.17, 15) is 8.42 Å². The van der Waals surface area contributed by atoms with E-state index in [4.69, 9.17) is 0 Å². The van der Waals surface area contributed by atoms with E-state index >= 15 is 0 Å². The minimum atomic E-state index is -3.34. The van der Waals surface area contributed by atoms with Gasteiger partial charge in [-0.15, -0.1) is 0 Å². The van der Waals surface area contributed by atoms with Crippen LogP contribution in [0.3, 0.4) is 0 Å². The smallest absolute Gasteiger partial charge is 0.208 e. The third-order valence-corrected chi connectivity index (χ3v) is 5.23. The lowest BCUT2D eigenvalue weighted by Crippen LogP contribution is -2.32. The lowest BCUT2D eigenvalue weighted by atomic mass is 10.2. The molecule has 0 spiro atoms. The van der Waals surface area contributed by atoms with Crippen molar-refractivity contribution in [2.24, 2.45) is 0 Å². The van der Waals surface area contributed by atoms with Gasteiger partial charge in [0.1, 0.15) is 0 Å². The molecule has 1 aromatic rings. The molecule has 1 aromatic carbocycles. The molecule has 1 aliphatic carbocycles. The Bertz CT molecular complexity index is 478. The molecule has 18 heavy (non-hydrogen) atoms. The van der Waals surface area contributed by atoms with Crippen LogP contribution in [-0.2, 0) is 16.4 Å². The van der Waals surface area contributed by atoms with E-state index in [1.54, 1.807) is 12.1 Å². The predicted molar refractivity (Wildman–Crippen MR) is 76.5 cm³/mol. The number of rotatable bonds is 5. The summed E-state index contributed by atoms with van der Waals surface area (Å²) in [4.78, 5) is 0.368. The van der Waals surface area contributed by atoms with Crippen molar-refractivity contribution in [2.75, 3.05) is 5.33 Å². The first kappa shape index (κ1) is 14.0. The molecule has 100 valence electrons. The maximum atomic E-state index is 12.1. The highest BCUT2D eigenvalue weighted by Crippen LogP contribution is 2.20. The lowest BCUT2D eigenvalue weighted by Gasteiger charge is -2.12. The van der Waals surface area contributed by atoms with Gasteiger partial charge in [0.05, 0.1) is 4.90 Å². The van der Waals surface area contributed by atoms with E-state index in [1.165, 1.54) is 0 Å². The van der Waals surface area contributed by atoms with Gasteiger partial charge in [-0.25, -0.2) is 13.1 Å². The van der Waals surface area contributed by atoms with Crippen LogP contribution in [0.1, 0.15) is 31.2 Å². The zero-order valence-electron chi connectivity index (χ0n) is 10.2. The standard InChI is InChI=1S/C13H18BrNO2S/c14-10-9-11-5-7-13(8-6-11)18(16,17)15-12-3-1-2-4-12/h5-8,12,15H,1-4,9-10H2. The third kappa shape index (κ3) is 3.56. The highest BCUT2D eigenvalue weighted by atomic mass is 79.9. The van der Waals surface area contributed by atoms with E-state index < -0.39 is 10.0 Å². The summed E-state index contributed by atoms with van der Waals surface area (Å²) in [6.45, 7) is 0. The van der Waals surface area contributed by atoms with Gasteiger partial charge in [-0.2, -0.15) is 0 Å². The fourth-order valence-corrected chi connectivity index (χ4v) is 4.04. The third-order valence-electron chi connectivity index (χ3n) is 3.29. The number of aryl methyl sites for hydroxylation is 1. The molecule has 0 heterocycles. The summed E-state index contributed by atoms with van der Waals surface area (Å²) < 4.78 is 27.1. The van der Waals surface area contributed by atoms with Crippen LogP contribution in [0.2, 0.25) is 0 Å². The Kier molecular flexibility index (Phi) is 4.81. The molecule has 1 N–H and O–H groups in total. The van der Waals surface area contributed by atoms with E-state index in [0.717, 1.165) is 43.0 Å². The molecule has 0 aromatic heterocycles. The van der Waals surface area contributed by atoms with E-state index in [0.29, 0.717) is 4.90 Å². The molecule has 0 unspecified atom stereocenters. The highest BCUT2D eigenvalue weighted by molar-refractivity contribution is 9.09. The van der Waals surface area contributed by atoms with E-state index in [-0.39, 0.29) is 6.04 Å². The molecule has 0 atom stereocenters. The summed E-state index contributed by atoms with van der Waals surface area (Å²) in [6, 6.07) is 7.26. The van der Waals surface area contributed by atoms with Crippen molar-refractivity contribution >= 4 is 26.0 Å². The maximum Gasteiger partial charge on any atom is 0.240 e. The summed E-state index contributed by atoms with van der Waals surface area (Å²) >= 11 is 3.37. The van der Waals surface area contributed by atoms with Crippen molar-refractivity contribution < 1.29 is 8.42 Å². The number of alkyl halides is 1. The molecule has 5 heteroatoms. The second kappa shape index (κ2) is 6.17. The average Bonchev–Trinajstić information content (AvgIpc) is 2.82.